The zero-order chi connectivity index (χ0) is 15.2. The molecule has 0 fully saturated rings. The van der Waals surface area contributed by atoms with E-state index in [-0.39, 0.29) is 5.91 Å². The fourth-order valence-corrected chi connectivity index (χ4v) is 2.75. The van der Waals surface area contributed by atoms with Crippen molar-refractivity contribution in [3.8, 4) is 0 Å². The van der Waals surface area contributed by atoms with E-state index in [0.717, 1.165) is 10.4 Å². The highest BCUT2D eigenvalue weighted by molar-refractivity contribution is 7.09. The summed E-state index contributed by atoms with van der Waals surface area (Å²) in [4.78, 5) is 15.3. The Labute approximate surface area is 132 Å². The highest BCUT2D eigenvalue weighted by atomic mass is 32.1. The number of aromatic nitrogens is 2. The van der Waals surface area contributed by atoms with Gasteiger partial charge in [-0.25, -0.2) is 0 Å². The number of benzene rings is 1. The van der Waals surface area contributed by atoms with Crippen molar-refractivity contribution in [1.29, 1.82) is 0 Å². The Morgan fingerprint density at radius 2 is 2.05 bits per heavy atom. The first kappa shape index (κ1) is 14.3. The molecule has 0 aliphatic heterocycles. The lowest BCUT2D eigenvalue weighted by Crippen LogP contribution is -2.28. The summed E-state index contributed by atoms with van der Waals surface area (Å²) < 4.78 is 0. The van der Waals surface area contributed by atoms with Crippen LogP contribution in [0.4, 0.5) is 5.82 Å². The lowest BCUT2D eigenvalue weighted by Gasteiger charge is -2.18. The average Bonchev–Trinajstić information content (AvgIpc) is 3.24. The number of nitrogens with zero attached hydrogens (tertiary/aromatic N) is 2. The largest absolute Gasteiger partial charge is 0.288 e. The first-order valence-electron chi connectivity index (χ1n) is 6.89. The van der Waals surface area contributed by atoms with Crippen LogP contribution < -0.4 is 4.90 Å². The standard InChI is InChI=1S/C17H15N3OS/c21-17(9-8-14-5-2-1-3-6-14)20(16-10-11-18-19-16)13-15-7-4-12-22-15/h1-12H,13H2,(H,18,19). The van der Waals surface area contributed by atoms with Gasteiger partial charge in [-0.05, 0) is 23.1 Å². The van der Waals surface area contributed by atoms with Crippen molar-refractivity contribution in [2.75, 3.05) is 4.90 Å². The van der Waals surface area contributed by atoms with Crippen LogP contribution in [0.25, 0.3) is 6.08 Å². The van der Waals surface area contributed by atoms with Crippen LogP contribution in [-0.2, 0) is 11.3 Å². The van der Waals surface area contributed by atoms with Crippen molar-refractivity contribution in [2.24, 2.45) is 0 Å². The smallest absolute Gasteiger partial charge is 0.252 e. The van der Waals surface area contributed by atoms with Crippen LogP contribution in [0.1, 0.15) is 10.4 Å². The molecule has 0 bridgehead atoms. The van der Waals surface area contributed by atoms with E-state index in [9.17, 15) is 4.79 Å². The molecule has 3 aromatic rings. The lowest BCUT2D eigenvalue weighted by molar-refractivity contribution is -0.114. The molecule has 1 N–H and O–H groups in total. The van der Waals surface area contributed by atoms with Crippen LogP contribution in [0.5, 0.6) is 0 Å². The predicted octanol–water partition coefficient (Wildman–Crippen LogP) is 3.72. The van der Waals surface area contributed by atoms with Gasteiger partial charge in [-0.15, -0.1) is 11.3 Å². The number of amides is 1. The predicted molar refractivity (Wildman–Crippen MR) is 89.6 cm³/mol. The number of hydrogen-bond acceptors (Lipinski definition) is 3. The molecule has 0 spiro atoms. The highest BCUT2D eigenvalue weighted by Gasteiger charge is 2.15. The van der Waals surface area contributed by atoms with Crippen LogP contribution in [0.15, 0.2) is 66.2 Å². The maximum absolute atomic E-state index is 12.5. The molecule has 5 heteroatoms. The van der Waals surface area contributed by atoms with Gasteiger partial charge in [-0.1, -0.05) is 36.4 Å². The normalized spacial score (nSPS) is 10.9. The van der Waals surface area contributed by atoms with E-state index in [4.69, 9.17) is 0 Å². The van der Waals surface area contributed by atoms with Gasteiger partial charge in [0.2, 0.25) is 0 Å². The second-order valence-electron chi connectivity index (χ2n) is 4.69. The molecule has 2 heterocycles. The third-order valence-electron chi connectivity index (χ3n) is 3.15. The van der Waals surface area contributed by atoms with E-state index >= 15 is 0 Å². The molecule has 22 heavy (non-hydrogen) atoms. The van der Waals surface area contributed by atoms with Crippen molar-refractivity contribution >= 4 is 29.1 Å². The molecule has 110 valence electrons. The average molecular weight is 309 g/mol. The van der Waals surface area contributed by atoms with Crippen molar-refractivity contribution in [3.05, 3.63) is 76.6 Å². The number of H-pyrrole nitrogens is 1. The minimum absolute atomic E-state index is 0.0819. The van der Waals surface area contributed by atoms with Crippen molar-refractivity contribution in [2.45, 2.75) is 6.54 Å². The van der Waals surface area contributed by atoms with E-state index in [0.29, 0.717) is 12.4 Å². The summed E-state index contributed by atoms with van der Waals surface area (Å²) in [7, 11) is 0. The van der Waals surface area contributed by atoms with E-state index in [1.165, 1.54) is 0 Å². The zero-order valence-corrected chi connectivity index (χ0v) is 12.7. The monoisotopic (exact) mass is 309 g/mol. The molecule has 0 aliphatic rings. The summed E-state index contributed by atoms with van der Waals surface area (Å²) in [5.41, 5.74) is 0.997. The number of nitrogens with one attached hydrogen (secondary N) is 1. The number of carbonyl (C=O) groups is 1. The Hall–Kier alpha value is -2.66. The molecule has 1 amide bonds. The summed E-state index contributed by atoms with van der Waals surface area (Å²) in [6, 6.07) is 15.6. The minimum Gasteiger partial charge on any atom is -0.288 e. The second-order valence-corrected chi connectivity index (χ2v) is 5.72. The van der Waals surface area contributed by atoms with Crippen molar-refractivity contribution < 1.29 is 4.79 Å². The second kappa shape index (κ2) is 6.87. The summed E-state index contributed by atoms with van der Waals surface area (Å²) in [6.07, 6.45) is 5.05. The molecule has 1 aromatic carbocycles. The summed E-state index contributed by atoms with van der Waals surface area (Å²) in [5, 5.41) is 8.79. The van der Waals surface area contributed by atoms with Gasteiger partial charge in [0.05, 0.1) is 12.7 Å². The number of aromatic amines is 1. The highest BCUT2D eigenvalue weighted by Crippen LogP contribution is 2.18. The first-order valence-corrected chi connectivity index (χ1v) is 7.77. The molecule has 0 unspecified atom stereocenters. The SMILES string of the molecule is O=C(C=Cc1ccccc1)N(Cc1cccs1)c1ccn[nH]1. The maximum atomic E-state index is 12.5. The quantitative estimate of drug-likeness (QED) is 0.730. The molecular formula is C17H15N3OS. The van der Waals surface area contributed by atoms with E-state index < -0.39 is 0 Å². The van der Waals surface area contributed by atoms with Crippen LogP contribution in [0.3, 0.4) is 0 Å². The van der Waals surface area contributed by atoms with E-state index in [1.54, 1.807) is 34.6 Å². The molecule has 3 rings (SSSR count). The fraction of sp³-hybridized carbons (Fsp3) is 0.0588. The van der Waals surface area contributed by atoms with Crippen LogP contribution in [0.2, 0.25) is 0 Å². The molecule has 2 aromatic heterocycles. The van der Waals surface area contributed by atoms with Crippen LogP contribution >= 0.6 is 11.3 Å². The first-order chi connectivity index (χ1) is 10.8. The van der Waals surface area contributed by atoms with Gasteiger partial charge in [0.15, 0.2) is 0 Å². The van der Waals surface area contributed by atoms with Gasteiger partial charge in [0.25, 0.3) is 5.91 Å². The molecule has 0 radical (unpaired) electrons. The Bertz CT molecular complexity index is 734. The molecule has 4 nitrogen and oxygen atoms in total. The molecule has 0 atom stereocenters. The van der Waals surface area contributed by atoms with Gasteiger partial charge in [-0.3, -0.25) is 14.8 Å². The van der Waals surface area contributed by atoms with Crippen LogP contribution in [-0.4, -0.2) is 16.1 Å². The molecular weight excluding hydrogens is 294 g/mol. The van der Waals surface area contributed by atoms with E-state index in [1.807, 2.05) is 53.9 Å². The van der Waals surface area contributed by atoms with Crippen LogP contribution in [0, 0.1) is 0 Å². The summed E-state index contributed by atoms with van der Waals surface area (Å²) in [6.45, 7) is 0.526. The van der Waals surface area contributed by atoms with E-state index in [2.05, 4.69) is 10.2 Å². The van der Waals surface area contributed by atoms with Gasteiger partial charge in [0.1, 0.15) is 5.82 Å². The number of rotatable bonds is 5. The Morgan fingerprint density at radius 1 is 1.18 bits per heavy atom. The van der Waals surface area contributed by atoms with Gasteiger partial charge in [-0.2, -0.15) is 5.10 Å². The summed E-state index contributed by atoms with van der Waals surface area (Å²) >= 11 is 1.63. The molecule has 0 saturated heterocycles. The Kier molecular flexibility index (Phi) is 4.46. The zero-order valence-electron chi connectivity index (χ0n) is 11.8. The topological polar surface area (TPSA) is 49.0 Å². The Balaban J connectivity index is 1.79. The van der Waals surface area contributed by atoms with Gasteiger partial charge in [0, 0.05) is 17.0 Å². The van der Waals surface area contributed by atoms with Gasteiger partial charge >= 0.3 is 0 Å². The maximum Gasteiger partial charge on any atom is 0.252 e. The summed E-state index contributed by atoms with van der Waals surface area (Å²) in [5.74, 6) is 0.609. The number of thiophene rings is 1. The fourth-order valence-electron chi connectivity index (χ4n) is 2.06. The molecule has 0 aliphatic carbocycles. The number of anilines is 1. The van der Waals surface area contributed by atoms with Crippen molar-refractivity contribution in [3.63, 3.8) is 0 Å². The minimum atomic E-state index is -0.0819. The van der Waals surface area contributed by atoms with Gasteiger partial charge < -0.3 is 0 Å². The number of carbonyl (C=O) groups excluding carboxylic acids is 1. The third kappa shape index (κ3) is 3.51. The lowest BCUT2D eigenvalue weighted by atomic mass is 10.2. The third-order valence-corrected chi connectivity index (χ3v) is 4.02. The number of hydrogen-bond donors (Lipinski definition) is 1. The Morgan fingerprint density at radius 3 is 2.73 bits per heavy atom. The molecule has 0 saturated carbocycles. The van der Waals surface area contributed by atoms with Crippen molar-refractivity contribution in [1.82, 2.24) is 10.2 Å².